The Bertz CT molecular complexity index is 846. The molecule has 1 atom stereocenters. The predicted octanol–water partition coefficient (Wildman–Crippen LogP) is 3.42. The molecular weight excluding hydrogens is 342 g/mol. The summed E-state index contributed by atoms with van der Waals surface area (Å²) in [5, 5.41) is 2.57. The van der Waals surface area contributed by atoms with Gasteiger partial charge in [0.15, 0.2) is 0 Å². The average Bonchev–Trinajstić information content (AvgIpc) is 2.70. The van der Waals surface area contributed by atoms with Crippen LogP contribution in [0.25, 0.3) is 0 Å². The summed E-state index contributed by atoms with van der Waals surface area (Å²) in [6.45, 7) is 1.39. The summed E-state index contributed by atoms with van der Waals surface area (Å²) in [6.07, 6.45) is 2.45. The number of amides is 2. The summed E-state index contributed by atoms with van der Waals surface area (Å²) in [5.41, 5.74) is 0.906. The number of hydrogen-bond acceptors (Lipinski definition) is 3. The zero-order chi connectivity index (χ0) is 18.9. The first-order valence-corrected chi connectivity index (χ1v) is 9.50. The van der Waals surface area contributed by atoms with E-state index in [-0.39, 0.29) is 23.5 Å². The largest absolute Gasteiger partial charge is 0.369 e. The molecule has 4 nitrogen and oxygen atoms in total. The smallest absolute Gasteiger partial charge is 0.237 e. The highest BCUT2D eigenvalue weighted by molar-refractivity contribution is 6.03. The van der Waals surface area contributed by atoms with E-state index in [1.807, 2.05) is 36.4 Å². The third kappa shape index (κ3) is 3.11. The van der Waals surface area contributed by atoms with Crippen molar-refractivity contribution in [2.24, 2.45) is 5.92 Å². The van der Waals surface area contributed by atoms with Crippen molar-refractivity contribution in [3.63, 3.8) is 0 Å². The van der Waals surface area contributed by atoms with Crippen molar-refractivity contribution in [1.82, 2.24) is 5.32 Å². The van der Waals surface area contributed by atoms with E-state index < -0.39 is 5.41 Å². The summed E-state index contributed by atoms with van der Waals surface area (Å²) in [5.74, 6) is -0.476. The molecule has 2 aromatic rings. The van der Waals surface area contributed by atoms with Gasteiger partial charge < -0.3 is 4.90 Å². The molecule has 1 N–H and O–H groups in total. The van der Waals surface area contributed by atoms with E-state index >= 15 is 0 Å². The van der Waals surface area contributed by atoms with Crippen molar-refractivity contribution >= 4 is 17.5 Å². The maximum atomic E-state index is 14.1. The lowest BCUT2D eigenvalue weighted by Gasteiger charge is -2.46. The second-order valence-corrected chi connectivity index (χ2v) is 7.43. The number of hydrogen-bond donors (Lipinski definition) is 1. The van der Waals surface area contributed by atoms with Crippen LogP contribution in [0.15, 0.2) is 54.6 Å². The molecule has 4 rings (SSSR count). The van der Waals surface area contributed by atoms with E-state index in [1.54, 1.807) is 12.1 Å². The highest BCUT2D eigenvalue weighted by Crippen LogP contribution is 2.44. The van der Waals surface area contributed by atoms with Crippen molar-refractivity contribution in [1.29, 1.82) is 0 Å². The van der Waals surface area contributed by atoms with Gasteiger partial charge in [-0.05, 0) is 42.9 Å². The molecule has 0 saturated carbocycles. The number of piperidine rings is 2. The molecule has 27 heavy (non-hydrogen) atoms. The summed E-state index contributed by atoms with van der Waals surface area (Å²) < 4.78 is 14.1. The molecule has 2 aliphatic heterocycles. The van der Waals surface area contributed by atoms with Crippen molar-refractivity contribution in [3.05, 3.63) is 66.0 Å². The maximum Gasteiger partial charge on any atom is 0.237 e. The van der Waals surface area contributed by atoms with Crippen molar-refractivity contribution in [3.8, 4) is 0 Å². The lowest BCUT2D eigenvalue weighted by atomic mass is 9.62. The first-order chi connectivity index (χ1) is 13.1. The summed E-state index contributed by atoms with van der Waals surface area (Å²) in [4.78, 5) is 26.8. The Balaban J connectivity index is 1.61. The number of para-hydroxylation sites is 1. The van der Waals surface area contributed by atoms with E-state index in [0.717, 1.165) is 18.4 Å². The highest BCUT2D eigenvalue weighted by atomic mass is 18.2. The number of carbonyl (C=O) groups is 2. The number of nitrogens with zero attached hydrogens (tertiary/aromatic N) is 1. The molecule has 0 aliphatic carbocycles. The Kier molecular flexibility index (Phi) is 4.68. The van der Waals surface area contributed by atoms with Gasteiger partial charge in [0, 0.05) is 19.5 Å². The van der Waals surface area contributed by atoms with Crippen LogP contribution in [0.4, 0.5) is 10.1 Å². The summed E-state index contributed by atoms with van der Waals surface area (Å²) >= 11 is 0. The lowest BCUT2D eigenvalue weighted by molar-refractivity contribution is -0.140. The number of benzene rings is 2. The van der Waals surface area contributed by atoms with Crippen LogP contribution in [0.5, 0.6) is 0 Å². The number of imide groups is 1. The van der Waals surface area contributed by atoms with Crippen molar-refractivity contribution in [2.75, 3.05) is 18.0 Å². The Morgan fingerprint density at radius 1 is 0.963 bits per heavy atom. The summed E-state index contributed by atoms with van der Waals surface area (Å²) in [7, 11) is 0. The Morgan fingerprint density at radius 2 is 1.63 bits per heavy atom. The van der Waals surface area contributed by atoms with Crippen molar-refractivity contribution < 1.29 is 14.0 Å². The van der Waals surface area contributed by atoms with E-state index in [1.165, 1.54) is 6.07 Å². The van der Waals surface area contributed by atoms with Crippen LogP contribution in [0, 0.1) is 11.7 Å². The van der Waals surface area contributed by atoms with Crippen LogP contribution in [0.3, 0.4) is 0 Å². The van der Waals surface area contributed by atoms with E-state index in [4.69, 9.17) is 0 Å². The van der Waals surface area contributed by atoms with Gasteiger partial charge in [0.2, 0.25) is 11.8 Å². The van der Waals surface area contributed by atoms with Crippen LogP contribution in [-0.2, 0) is 15.0 Å². The fourth-order valence-electron chi connectivity index (χ4n) is 4.68. The topological polar surface area (TPSA) is 49.4 Å². The van der Waals surface area contributed by atoms with Crippen LogP contribution < -0.4 is 10.2 Å². The molecule has 0 radical (unpaired) electrons. The molecule has 2 fully saturated rings. The first kappa shape index (κ1) is 17.7. The minimum Gasteiger partial charge on any atom is -0.369 e. The van der Waals surface area contributed by atoms with Crippen LogP contribution in [-0.4, -0.2) is 24.9 Å². The quantitative estimate of drug-likeness (QED) is 0.848. The van der Waals surface area contributed by atoms with Crippen LogP contribution >= 0.6 is 0 Å². The third-order valence-corrected chi connectivity index (χ3v) is 6.08. The normalized spacial score (nSPS) is 24.0. The number of anilines is 1. The summed E-state index contributed by atoms with van der Waals surface area (Å²) in [6, 6.07) is 16.6. The zero-order valence-corrected chi connectivity index (χ0v) is 15.2. The Morgan fingerprint density at radius 3 is 2.30 bits per heavy atom. The molecule has 2 saturated heterocycles. The molecule has 2 amide bonds. The monoisotopic (exact) mass is 365 g/mol. The van der Waals surface area contributed by atoms with Gasteiger partial charge in [0.25, 0.3) is 0 Å². The highest BCUT2D eigenvalue weighted by Gasteiger charge is 2.50. The van der Waals surface area contributed by atoms with E-state index in [0.29, 0.717) is 31.6 Å². The van der Waals surface area contributed by atoms with Gasteiger partial charge >= 0.3 is 0 Å². The molecule has 2 aliphatic rings. The Hall–Kier alpha value is -2.69. The third-order valence-electron chi connectivity index (χ3n) is 6.08. The van der Waals surface area contributed by atoms with Gasteiger partial charge in [-0.1, -0.05) is 42.5 Å². The molecular formula is C22H23FN2O2. The molecule has 5 heteroatoms. The molecule has 140 valence electrons. The van der Waals surface area contributed by atoms with E-state index in [9.17, 15) is 14.0 Å². The second kappa shape index (κ2) is 7.14. The maximum absolute atomic E-state index is 14.1. The fourth-order valence-corrected chi connectivity index (χ4v) is 4.68. The van der Waals surface area contributed by atoms with Gasteiger partial charge in [-0.15, -0.1) is 0 Å². The standard InChI is InChI=1S/C22H23FN2O2/c23-18-8-4-5-9-19(18)25-14-11-17(12-15-25)22(16-6-2-1-3-7-16)13-10-20(26)24-21(22)27/h1-9,17H,10-15H2,(H,24,26,27)/t22-/m1/s1/i23-1. The lowest BCUT2D eigenvalue weighted by Crippen LogP contribution is -2.57. The van der Waals surface area contributed by atoms with Gasteiger partial charge in [0.05, 0.1) is 11.1 Å². The van der Waals surface area contributed by atoms with Gasteiger partial charge in [0.1, 0.15) is 5.82 Å². The Labute approximate surface area is 158 Å². The van der Waals surface area contributed by atoms with Gasteiger partial charge in [-0.25, -0.2) is 4.39 Å². The van der Waals surface area contributed by atoms with Crippen LogP contribution in [0.2, 0.25) is 0 Å². The minimum atomic E-state index is -0.684. The number of carbonyl (C=O) groups excluding carboxylic acids is 2. The van der Waals surface area contributed by atoms with Crippen LogP contribution in [0.1, 0.15) is 31.2 Å². The molecule has 2 aromatic carbocycles. The predicted molar refractivity (Wildman–Crippen MR) is 102 cm³/mol. The average molecular weight is 365 g/mol. The fraction of sp³-hybridized carbons (Fsp3) is 0.364. The molecule has 0 spiro atoms. The number of halogens is 1. The van der Waals surface area contributed by atoms with E-state index in [2.05, 4.69) is 10.2 Å². The molecule has 0 bridgehead atoms. The zero-order valence-electron chi connectivity index (χ0n) is 15.2. The second-order valence-electron chi connectivity index (χ2n) is 7.43. The molecule has 0 aromatic heterocycles. The minimum absolute atomic E-state index is 0.121. The molecule has 2 heterocycles. The number of rotatable bonds is 3. The first-order valence-electron chi connectivity index (χ1n) is 9.50. The number of nitrogens with one attached hydrogen (secondary N) is 1. The molecule has 0 unspecified atom stereocenters. The van der Waals surface area contributed by atoms with Gasteiger partial charge in [-0.2, -0.15) is 0 Å². The van der Waals surface area contributed by atoms with Gasteiger partial charge in [-0.3, -0.25) is 14.9 Å². The van der Waals surface area contributed by atoms with Crippen molar-refractivity contribution in [2.45, 2.75) is 31.1 Å². The SMILES string of the molecule is O=C1CC[C@@](c2ccccc2)(C2CCN(c3ccccc3[18F])CC2)C(=O)N1.